The minimum absolute atomic E-state index is 0.101. The molecule has 1 saturated heterocycles. The van der Waals surface area contributed by atoms with E-state index in [-0.39, 0.29) is 24.3 Å². The van der Waals surface area contributed by atoms with Crippen molar-refractivity contribution in [2.24, 2.45) is 5.10 Å². The fraction of sp³-hybridized carbons (Fsp3) is 0.259. The Morgan fingerprint density at radius 1 is 0.886 bits per heavy atom. The van der Waals surface area contributed by atoms with E-state index in [0.717, 1.165) is 16.8 Å². The van der Waals surface area contributed by atoms with Crippen LogP contribution in [0.1, 0.15) is 23.6 Å². The number of hydrogen-bond acceptors (Lipinski definition) is 4. The fourth-order valence-corrected chi connectivity index (χ4v) is 5.21. The lowest BCUT2D eigenvalue weighted by Crippen LogP contribution is -2.49. The molecule has 35 heavy (non-hydrogen) atoms. The van der Waals surface area contributed by atoms with Crippen LogP contribution in [0.4, 0.5) is 10.1 Å². The summed E-state index contributed by atoms with van der Waals surface area (Å²) in [6.07, 6.45) is 0.528. The summed E-state index contributed by atoms with van der Waals surface area (Å²) in [5.74, 6) is -0.325. The molecule has 0 bridgehead atoms. The summed E-state index contributed by atoms with van der Waals surface area (Å²) < 4.78 is 14.2. The maximum atomic E-state index is 14.2. The first-order chi connectivity index (χ1) is 17.0. The number of para-hydroxylation sites is 1. The van der Waals surface area contributed by atoms with Gasteiger partial charge in [-0.3, -0.25) is 9.69 Å². The van der Waals surface area contributed by atoms with Crippen LogP contribution in [0.2, 0.25) is 10.0 Å². The van der Waals surface area contributed by atoms with Crippen molar-refractivity contribution < 1.29 is 9.18 Å². The zero-order chi connectivity index (χ0) is 24.4. The van der Waals surface area contributed by atoms with Gasteiger partial charge in [-0.15, -0.1) is 0 Å². The van der Waals surface area contributed by atoms with E-state index in [4.69, 9.17) is 28.3 Å². The summed E-state index contributed by atoms with van der Waals surface area (Å²) in [4.78, 5) is 17.6. The average molecular weight is 511 g/mol. The highest BCUT2D eigenvalue weighted by atomic mass is 35.5. The molecule has 2 aliphatic heterocycles. The standard InChI is InChI=1S/C27H25Cl2FN4O/c28-21-9-3-1-7-19(21)24-17-26(20-8-2-4-10-22(20)29)34(31-24)27(35)18-32-13-15-33(16-14-32)25-12-6-5-11-23(25)30/h1-12,26H,13-18H2. The number of hydrogen-bond donors (Lipinski definition) is 0. The molecule has 5 nitrogen and oxygen atoms in total. The predicted octanol–water partition coefficient (Wildman–Crippen LogP) is 5.63. The van der Waals surface area contributed by atoms with Gasteiger partial charge in [-0.2, -0.15) is 5.10 Å². The van der Waals surface area contributed by atoms with E-state index in [0.29, 0.717) is 48.3 Å². The molecule has 180 valence electrons. The average Bonchev–Trinajstić information content (AvgIpc) is 3.31. The lowest BCUT2D eigenvalue weighted by Gasteiger charge is -2.36. The predicted molar refractivity (Wildman–Crippen MR) is 139 cm³/mol. The summed E-state index contributed by atoms with van der Waals surface area (Å²) in [6.45, 7) is 2.84. The Labute approximate surface area is 214 Å². The van der Waals surface area contributed by atoms with Gasteiger partial charge in [0.05, 0.1) is 24.0 Å². The molecule has 1 atom stereocenters. The second-order valence-corrected chi connectivity index (χ2v) is 9.54. The maximum Gasteiger partial charge on any atom is 0.257 e. The van der Waals surface area contributed by atoms with Gasteiger partial charge in [0.1, 0.15) is 5.82 Å². The molecular weight excluding hydrogens is 486 g/mol. The van der Waals surface area contributed by atoms with E-state index in [1.54, 1.807) is 17.1 Å². The van der Waals surface area contributed by atoms with Crippen LogP contribution < -0.4 is 4.90 Å². The highest BCUT2D eigenvalue weighted by molar-refractivity contribution is 6.34. The van der Waals surface area contributed by atoms with Crippen molar-refractivity contribution in [3.8, 4) is 0 Å². The lowest BCUT2D eigenvalue weighted by atomic mass is 9.98. The Morgan fingerprint density at radius 2 is 1.54 bits per heavy atom. The van der Waals surface area contributed by atoms with Crippen LogP contribution in [0.25, 0.3) is 0 Å². The minimum Gasteiger partial charge on any atom is -0.367 e. The summed E-state index contributed by atoms with van der Waals surface area (Å²) in [7, 11) is 0. The number of nitrogens with zero attached hydrogens (tertiary/aromatic N) is 4. The number of hydrazone groups is 1. The molecule has 8 heteroatoms. The van der Waals surface area contributed by atoms with Crippen LogP contribution >= 0.6 is 23.2 Å². The second kappa shape index (κ2) is 10.4. The minimum atomic E-state index is -0.304. The molecule has 0 N–H and O–H groups in total. The van der Waals surface area contributed by atoms with E-state index in [1.807, 2.05) is 59.5 Å². The van der Waals surface area contributed by atoms with Crippen LogP contribution in [-0.4, -0.2) is 54.3 Å². The van der Waals surface area contributed by atoms with Gasteiger partial charge in [0.25, 0.3) is 5.91 Å². The second-order valence-electron chi connectivity index (χ2n) is 8.72. The van der Waals surface area contributed by atoms with E-state index in [1.165, 1.54) is 6.07 Å². The molecule has 0 aliphatic carbocycles. The molecule has 0 saturated carbocycles. The molecule has 1 fully saturated rings. The highest BCUT2D eigenvalue weighted by Gasteiger charge is 2.35. The van der Waals surface area contributed by atoms with Gasteiger partial charge in [0, 0.05) is 48.2 Å². The maximum absolute atomic E-state index is 14.2. The third-order valence-electron chi connectivity index (χ3n) is 6.54. The van der Waals surface area contributed by atoms with Gasteiger partial charge >= 0.3 is 0 Å². The fourth-order valence-electron chi connectivity index (χ4n) is 4.70. The summed E-state index contributed by atoms with van der Waals surface area (Å²) in [5, 5.41) is 7.49. The third kappa shape index (κ3) is 5.06. The first kappa shape index (κ1) is 23.8. The topological polar surface area (TPSA) is 39.2 Å². The molecular formula is C27H25Cl2FN4O. The van der Waals surface area contributed by atoms with Crippen LogP contribution in [0.3, 0.4) is 0 Å². The normalized spacial score (nSPS) is 18.6. The van der Waals surface area contributed by atoms with Crippen molar-refractivity contribution in [3.63, 3.8) is 0 Å². The van der Waals surface area contributed by atoms with Crippen molar-refractivity contribution in [1.82, 2.24) is 9.91 Å². The van der Waals surface area contributed by atoms with E-state index >= 15 is 0 Å². The first-order valence-electron chi connectivity index (χ1n) is 11.6. The van der Waals surface area contributed by atoms with Gasteiger partial charge in [-0.05, 0) is 29.8 Å². The SMILES string of the molecule is O=C(CN1CCN(c2ccccc2F)CC1)N1N=C(c2ccccc2Cl)CC1c1ccccc1Cl. The van der Waals surface area contributed by atoms with E-state index in [2.05, 4.69) is 4.90 Å². The molecule has 1 unspecified atom stereocenters. The van der Waals surface area contributed by atoms with Crippen LogP contribution in [0, 0.1) is 5.82 Å². The highest BCUT2D eigenvalue weighted by Crippen LogP contribution is 2.37. The van der Waals surface area contributed by atoms with Crippen LogP contribution in [-0.2, 0) is 4.79 Å². The Bertz CT molecular complexity index is 1260. The van der Waals surface area contributed by atoms with Gasteiger partial charge in [-0.1, -0.05) is 71.7 Å². The number of piperazine rings is 1. The largest absolute Gasteiger partial charge is 0.367 e. The molecule has 0 aromatic heterocycles. The van der Waals surface area contributed by atoms with E-state index in [9.17, 15) is 9.18 Å². The molecule has 0 radical (unpaired) electrons. The number of benzene rings is 3. The quantitative estimate of drug-likeness (QED) is 0.446. The number of amides is 1. The molecule has 2 aliphatic rings. The molecule has 1 amide bonds. The zero-order valence-electron chi connectivity index (χ0n) is 19.1. The van der Waals surface area contributed by atoms with Crippen LogP contribution in [0.5, 0.6) is 0 Å². The lowest BCUT2D eigenvalue weighted by molar-refractivity contribution is -0.134. The molecule has 2 heterocycles. The zero-order valence-corrected chi connectivity index (χ0v) is 20.6. The number of carbonyl (C=O) groups excluding carboxylic acids is 1. The van der Waals surface area contributed by atoms with Crippen LogP contribution in [0.15, 0.2) is 77.9 Å². The van der Waals surface area contributed by atoms with Crippen molar-refractivity contribution in [2.75, 3.05) is 37.6 Å². The molecule has 3 aromatic carbocycles. The number of anilines is 1. The van der Waals surface area contributed by atoms with Gasteiger partial charge in [-0.25, -0.2) is 9.40 Å². The number of carbonyl (C=O) groups is 1. The molecule has 0 spiro atoms. The summed E-state index contributed by atoms with van der Waals surface area (Å²) >= 11 is 13.0. The smallest absolute Gasteiger partial charge is 0.257 e. The van der Waals surface area contributed by atoms with Crippen molar-refractivity contribution in [1.29, 1.82) is 0 Å². The van der Waals surface area contributed by atoms with Crippen molar-refractivity contribution in [3.05, 3.63) is 99.8 Å². The third-order valence-corrected chi connectivity index (χ3v) is 7.21. The Morgan fingerprint density at radius 3 is 2.26 bits per heavy atom. The van der Waals surface area contributed by atoms with Crippen molar-refractivity contribution >= 4 is 40.5 Å². The Hall–Kier alpha value is -2.93. The number of rotatable bonds is 5. The Kier molecular flexibility index (Phi) is 7.04. The monoisotopic (exact) mass is 510 g/mol. The number of halogens is 3. The van der Waals surface area contributed by atoms with E-state index < -0.39 is 0 Å². The molecule has 5 rings (SSSR count). The Balaban J connectivity index is 1.33. The molecule has 3 aromatic rings. The first-order valence-corrected chi connectivity index (χ1v) is 12.4. The van der Waals surface area contributed by atoms with Gasteiger partial charge in [0.15, 0.2) is 0 Å². The van der Waals surface area contributed by atoms with Gasteiger partial charge in [0.2, 0.25) is 0 Å². The van der Waals surface area contributed by atoms with Crippen molar-refractivity contribution in [2.45, 2.75) is 12.5 Å². The summed E-state index contributed by atoms with van der Waals surface area (Å²) in [6, 6.07) is 21.6. The van der Waals surface area contributed by atoms with Gasteiger partial charge < -0.3 is 4.90 Å². The summed E-state index contributed by atoms with van der Waals surface area (Å²) in [5.41, 5.74) is 3.04.